The van der Waals surface area contributed by atoms with E-state index in [1.807, 2.05) is 6.92 Å². The molecule has 1 atom stereocenters. The fourth-order valence-corrected chi connectivity index (χ4v) is 5.12. The van der Waals surface area contributed by atoms with Gasteiger partial charge in [-0.2, -0.15) is 0 Å². The second-order valence-corrected chi connectivity index (χ2v) is 10.2. The smallest absolute Gasteiger partial charge is 0.226 e. The van der Waals surface area contributed by atoms with Gasteiger partial charge in [0.2, 0.25) is 11.8 Å². The van der Waals surface area contributed by atoms with Crippen LogP contribution in [0.1, 0.15) is 32.3 Å². The maximum atomic E-state index is 13.8. The third-order valence-corrected chi connectivity index (χ3v) is 7.21. The molecule has 1 heterocycles. The molecule has 0 fully saturated rings. The van der Waals surface area contributed by atoms with Gasteiger partial charge < -0.3 is 10.2 Å². The number of hydrogen-bond donors (Lipinski definition) is 1. The number of carbonyl (C=O) groups excluding carboxylic acids is 2. The standard InChI is InChI=1S/C21H22BrFN2O4S/c1-3-21(27)25-13(2)10-14-11-16(5-7-19(14)25)30(28,29)9-8-20(26)24-18-6-4-15(22)12-17(18)23/h4-7,11-13H,3,8-10H2,1-2H3,(H,24,26)/t13-/m0/s1. The summed E-state index contributed by atoms with van der Waals surface area (Å²) >= 11 is 3.13. The van der Waals surface area contributed by atoms with Gasteiger partial charge in [0.1, 0.15) is 5.82 Å². The number of halogens is 2. The van der Waals surface area contributed by atoms with E-state index in [1.165, 1.54) is 18.2 Å². The molecule has 2 aromatic rings. The molecule has 9 heteroatoms. The Hall–Kier alpha value is -2.26. The Bertz CT molecular complexity index is 1100. The minimum absolute atomic E-state index is 0.00583. The van der Waals surface area contributed by atoms with Crippen LogP contribution in [0, 0.1) is 5.82 Å². The van der Waals surface area contributed by atoms with Gasteiger partial charge in [0, 0.05) is 29.0 Å². The Kier molecular flexibility index (Phi) is 6.62. The van der Waals surface area contributed by atoms with E-state index in [1.54, 1.807) is 30.0 Å². The van der Waals surface area contributed by atoms with Crippen molar-refractivity contribution in [3.8, 4) is 0 Å². The lowest BCUT2D eigenvalue weighted by Crippen LogP contribution is -2.35. The molecule has 0 radical (unpaired) electrons. The fraction of sp³-hybridized carbons (Fsp3) is 0.333. The van der Waals surface area contributed by atoms with E-state index in [4.69, 9.17) is 0 Å². The number of hydrogen-bond acceptors (Lipinski definition) is 4. The molecule has 1 N–H and O–H groups in total. The number of carbonyl (C=O) groups is 2. The van der Waals surface area contributed by atoms with Crippen LogP contribution in [-0.2, 0) is 25.8 Å². The summed E-state index contributed by atoms with van der Waals surface area (Å²) in [5.41, 5.74) is 1.52. The summed E-state index contributed by atoms with van der Waals surface area (Å²) in [6, 6.07) is 8.85. The van der Waals surface area contributed by atoms with Crippen LogP contribution in [-0.4, -0.2) is 32.0 Å². The van der Waals surface area contributed by atoms with Crippen LogP contribution in [0.15, 0.2) is 45.8 Å². The number of sulfone groups is 1. The van der Waals surface area contributed by atoms with Crippen LogP contribution in [0.2, 0.25) is 0 Å². The summed E-state index contributed by atoms with van der Waals surface area (Å²) in [6.07, 6.45) is 0.650. The van der Waals surface area contributed by atoms with Gasteiger partial charge in [0.15, 0.2) is 9.84 Å². The maximum absolute atomic E-state index is 13.8. The van der Waals surface area contributed by atoms with Gasteiger partial charge in [-0.25, -0.2) is 12.8 Å². The minimum atomic E-state index is -3.71. The topological polar surface area (TPSA) is 83.6 Å². The molecule has 0 spiro atoms. The summed E-state index contributed by atoms with van der Waals surface area (Å²) in [4.78, 5) is 26.1. The molecular weight excluding hydrogens is 475 g/mol. The van der Waals surface area contributed by atoms with Crippen LogP contribution >= 0.6 is 15.9 Å². The number of nitrogens with zero attached hydrogens (tertiary/aromatic N) is 1. The summed E-state index contributed by atoms with van der Waals surface area (Å²) in [7, 11) is -3.71. The quantitative estimate of drug-likeness (QED) is 0.652. The third kappa shape index (κ3) is 4.73. The zero-order valence-corrected chi connectivity index (χ0v) is 19.0. The predicted octanol–water partition coefficient (Wildman–Crippen LogP) is 4.08. The van der Waals surface area contributed by atoms with E-state index >= 15 is 0 Å². The number of anilines is 2. The average Bonchev–Trinajstić information content (AvgIpc) is 3.03. The number of nitrogens with one attached hydrogen (secondary N) is 1. The number of amides is 2. The molecule has 2 amide bonds. The molecule has 0 saturated heterocycles. The average molecular weight is 497 g/mol. The molecule has 3 rings (SSSR count). The van der Waals surface area contributed by atoms with Crippen LogP contribution in [0.3, 0.4) is 0 Å². The van der Waals surface area contributed by atoms with Crippen LogP contribution in [0.5, 0.6) is 0 Å². The lowest BCUT2D eigenvalue weighted by Gasteiger charge is -2.22. The Labute approximate surface area is 183 Å². The Morgan fingerprint density at radius 2 is 1.97 bits per heavy atom. The highest BCUT2D eigenvalue weighted by atomic mass is 79.9. The molecular formula is C21H22BrFN2O4S. The molecule has 1 aliphatic heterocycles. The first kappa shape index (κ1) is 22.4. The summed E-state index contributed by atoms with van der Waals surface area (Å²) in [6.45, 7) is 3.71. The highest BCUT2D eigenvalue weighted by molar-refractivity contribution is 9.10. The van der Waals surface area contributed by atoms with Gasteiger partial charge in [-0.3, -0.25) is 9.59 Å². The lowest BCUT2D eigenvalue weighted by molar-refractivity contribution is -0.118. The highest BCUT2D eigenvalue weighted by Gasteiger charge is 2.31. The van der Waals surface area contributed by atoms with Crippen molar-refractivity contribution in [3.63, 3.8) is 0 Å². The second kappa shape index (κ2) is 8.85. The first-order valence-electron chi connectivity index (χ1n) is 9.55. The van der Waals surface area contributed by atoms with Gasteiger partial charge in [0.05, 0.1) is 16.3 Å². The Balaban J connectivity index is 1.70. The monoisotopic (exact) mass is 496 g/mol. The first-order chi connectivity index (χ1) is 14.1. The van der Waals surface area contributed by atoms with Crippen molar-refractivity contribution in [2.75, 3.05) is 16.0 Å². The van der Waals surface area contributed by atoms with E-state index < -0.39 is 27.3 Å². The number of rotatable bonds is 6. The van der Waals surface area contributed by atoms with Crippen LogP contribution in [0.4, 0.5) is 15.8 Å². The molecule has 6 nitrogen and oxygen atoms in total. The zero-order valence-electron chi connectivity index (χ0n) is 16.6. The van der Waals surface area contributed by atoms with Crippen LogP contribution in [0.25, 0.3) is 0 Å². The SMILES string of the molecule is CCC(=O)N1c2ccc(S(=O)(=O)CCC(=O)Nc3ccc(Br)cc3F)cc2C[C@@H]1C. The molecule has 2 aromatic carbocycles. The fourth-order valence-electron chi connectivity index (χ4n) is 3.50. The molecule has 0 aromatic heterocycles. The van der Waals surface area contributed by atoms with E-state index in [9.17, 15) is 22.4 Å². The van der Waals surface area contributed by atoms with Gasteiger partial charge in [-0.15, -0.1) is 0 Å². The molecule has 30 heavy (non-hydrogen) atoms. The molecule has 0 unspecified atom stereocenters. The van der Waals surface area contributed by atoms with Crippen molar-refractivity contribution < 1.29 is 22.4 Å². The van der Waals surface area contributed by atoms with E-state index in [0.717, 1.165) is 11.3 Å². The molecule has 0 saturated carbocycles. The van der Waals surface area contributed by atoms with Gasteiger partial charge in [-0.1, -0.05) is 22.9 Å². The summed E-state index contributed by atoms with van der Waals surface area (Å²) < 4.78 is 39.8. The third-order valence-electron chi connectivity index (χ3n) is 5.00. The Morgan fingerprint density at radius 3 is 2.63 bits per heavy atom. The van der Waals surface area contributed by atoms with Gasteiger partial charge in [-0.05, 0) is 55.3 Å². The summed E-state index contributed by atoms with van der Waals surface area (Å²) in [5, 5.41) is 2.39. The number of fused-ring (bicyclic) bond motifs is 1. The first-order valence-corrected chi connectivity index (χ1v) is 12.0. The maximum Gasteiger partial charge on any atom is 0.226 e. The highest BCUT2D eigenvalue weighted by Crippen LogP contribution is 2.34. The molecule has 0 aliphatic carbocycles. The van der Waals surface area contributed by atoms with Gasteiger partial charge >= 0.3 is 0 Å². The van der Waals surface area contributed by atoms with Crippen molar-refractivity contribution in [1.82, 2.24) is 0 Å². The van der Waals surface area contributed by atoms with E-state index in [2.05, 4.69) is 21.2 Å². The normalized spacial score (nSPS) is 15.7. The largest absolute Gasteiger partial charge is 0.324 e. The van der Waals surface area contributed by atoms with Crippen molar-refractivity contribution in [2.24, 2.45) is 0 Å². The van der Waals surface area contributed by atoms with Crippen molar-refractivity contribution in [3.05, 3.63) is 52.3 Å². The van der Waals surface area contributed by atoms with Crippen molar-refractivity contribution in [1.29, 1.82) is 0 Å². The summed E-state index contributed by atoms with van der Waals surface area (Å²) in [5.74, 6) is -1.61. The molecule has 1 aliphatic rings. The number of benzene rings is 2. The minimum Gasteiger partial charge on any atom is -0.324 e. The van der Waals surface area contributed by atoms with Gasteiger partial charge in [0.25, 0.3) is 0 Å². The van der Waals surface area contributed by atoms with Crippen LogP contribution < -0.4 is 10.2 Å². The predicted molar refractivity (Wildman–Crippen MR) is 117 cm³/mol. The second-order valence-electron chi connectivity index (χ2n) is 7.20. The Morgan fingerprint density at radius 1 is 1.23 bits per heavy atom. The van der Waals surface area contributed by atoms with E-state index in [-0.39, 0.29) is 29.0 Å². The lowest BCUT2D eigenvalue weighted by atomic mass is 10.1. The van der Waals surface area contributed by atoms with E-state index in [0.29, 0.717) is 17.3 Å². The zero-order chi connectivity index (χ0) is 22.1. The van der Waals surface area contributed by atoms with Crippen molar-refractivity contribution in [2.45, 2.75) is 44.0 Å². The molecule has 160 valence electrons. The van der Waals surface area contributed by atoms with Crippen molar-refractivity contribution >= 4 is 49.0 Å². The molecule has 0 bridgehead atoms.